The molecule has 1 aliphatic heterocycles. The summed E-state index contributed by atoms with van der Waals surface area (Å²) in [7, 11) is -1.11. The summed E-state index contributed by atoms with van der Waals surface area (Å²) in [6.45, 7) is 0.603. The Labute approximate surface area is 146 Å². The van der Waals surface area contributed by atoms with Crippen LogP contribution in [0, 0.1) is 0 Å². The minimum Gasteiger partial charge on any atom is -0.481 e. The summed E-state index contributed by atoms with van der Waals surface area (Å²) in [4.78, 5) is 27.2. The van der Waals surface area contributed by atoms with E-state index in [9.17, 15) is 14.6 Å². The average Bonchev–Trinajstić information content (AvgIpc) is 2.56. The Morgan fingerprint density at radius 2 is 2.04 bits per heavy atom. The summed E-state index contributed by atoms with van der Waals surface area (Å²) in [5, 5.41) is 18.8. The fourth-order valence-corrected chi connectivity index (χ4v) is 3.10. The molecule has 25 heavy (non-hydrogen) atoms. The van der Waals surface area contributed by atoms with Crippen LogP contribution in [0.25, 0.3) is 0 Å². The van der Waals surface area contributed by atoms with Crippen LogP contribution in [0.3, 0.4) is 0 Å². The van der Waals surface area contributed by atoms with Crippen LogP contribution in [-0.2, 0) is 33.8 Å². The van der Waals surface area contributed by atoms with Gasteiger partial charge in [0.15, 0.2) is 0 Å². The fourth-order valence-electron chi connectivity index (χ4n) is 3.10. The molecule has 0 radical (unpaired) electrons. The number of hydrogen-bond donors (Lipinski definition) is 4. The number of Topliss-reactive ketones (excluding diaryl/α,β-unsaturated/α-hetero) is 1. The Hall–Kier alpha value is -1.81. The molecule has 0 saturated carbocycles. The van der Waals surface area contributed by atoms with E-state index >= 15 is 0 Å². The number of pyridine rings is 1. The number of aliphatic carboxylic acids is 1. The van der Waals surface area contributed by atoms with Gasteiger partial charge in [0.05, 0.1) is 18.2 Å². The summed E-state index contributed by atoms with van der Waals surface area (Å²) in [6, 6.07) is 1.84. The molecule has 0 spiro atoms. The lowest BCUT2D eigenvalue weighted by molar-refractivity contribution is -0.139. The van der Waals surface area contributed by atoms with Crippen molar-refractivity contribution >= 4 is 18.9 Å². The predicted octanol–water partition coefficient (Wildman–Crippen LogP) is 0.00510. The van der Waals surface area contributed by atoms with Crippen LogP contribution in [-0.4, -0.2) is 40.1 Å². The van der Waals surface area contributed by atoms with Crippen molar-refractivity contribution in [3.05, 3.63) is 29.1 Å². The van der Waals surface area contributed by atoms with Crippen LogP contribution >= 0.6 is 0 Å². The monoisotopic (exact) mass is 349 g/mol. The number of aromatic nitrogens is 1. The largest absolute Gasteiger partial charge is 0.481 e. The van der Waals surface area contributed by atoms with E-state index in [0.717, 1.165) is 16.8 Å². The second-order valence-corrected chi connectivity index (χ2v) is 6.36. The van der Waals surface area contributed by atoms with E-state index in [2.05, 4.69) is 4.98 Å². The van der Waals surface area contributed by atoms with E-state index in [1.165, 1.54) is 0 Å². The molecule has 1 aromatic heterocycles. The van der Waals surface area contributed by atoms with Crippen LogP contribution in [0.5, 0.6) is 0 Å². The minimum absolute atomic E-state index is 0.0328. The second-order valence-electron chi connectivity index (χ2n) is 6.36. The molecule has 6 N–H and O–H groups in total. The van der Waals surface area contributed by atoms with E-state index in [0.29, 0.717) is 25.9 Å². The molecule has 1 fully saturated rings. The van der Waals surface area contributed by atoms with E-state index in [-0.39, 0.29) is 30.9 Å². The van der Waals surface area contributed by atoms with Crippen LogP contribution in [0.1, 0.15) is 42.5 Å². The number of nitrogens with zero attached hydrogens (tertiary/aromatic N) is 1. The molecule has 0 unspecified atom stereocenters. The molecule has 2 heterocycles. The predicted molar refractivity (Wildman–Crippen MR) is 91.4 cm³/mol. The Bertz CT molecular complexity index is 628. The summed E-state index contributed by atoms with van der Waals surface area (Å²) in [6.07, 6.45) is 2.44. The quantitative estimate of drug-likeness (QED) is 0.479. The molecule has 1 saturated heterocycles. The number of rotatable bonds is 8. The molecule has 9 heteroatoms. The maximum absolute atomic E-state index is 12.3. The highest BCUT2D eigenvalue weighted by Gasteiger charge is 2.36. The van der Waals surface area contributed by atoms with E-state index in [4.69, 9.17) is 21.2 Å². The summed E-state index contributed by atoms with van der Waals surface area (Å²) in [5.74, 6) is -1.31. The third-order valence-electron chi connectivity index (χ3n) is 4.42. The molecule has 0 aromatic carbocycles. The zero-order valence-electron chi connectivity index (χ0n) is 14.1. The van der Waals surface area contributed by atoms with Crippen molar-refractivity contribution in [1.29, 1.82) is 0 Å². The first-order valence-electron chi connectivity index (χ1n) is 8.36. The third-order valence-corrected chi connectivity index (χ3v) is 4.42. The lowest BCUT2D eigenvalue weighted by Gasteiger charge is -2.30. The number of nitrogens with two attached hydrogens (primary N) is 2. The molecular weight excluding hydrogens is 325 g/mol. The molecule has 1 aliphatic rings. The highest BCUT2D eigenvalue weighted by atomic mass is 16.5. The van der Waals surface area contributed by atoms with Crippen molar-refractivity contribution in [3.8, 4) is 0 Å². The van der Waals surface area contributed by atoms with Crippen LogP contribution in [0.2, 0.25) is 5.82 Å². The maximum atomic E-state index is 12.3. The number of ketones is 1. The van der Waals surface area contributed by atoms with Gasteiger partial charge in [-0.25, -0.2) is 0 Å². The van der Waals surface area contributed by atoms with Gasteiger partial charge >= 0.3 is 13.1 Å². The molecule has 0 amide bonds. The molecule has 0 bridgehead atoms. The van der Waals surface area contributed by atoms with Crippen molar-refractivity contribution in [2.24, 2.45) is 11.5 Å². The van der Waals surface area contributed by atoms with Gasteiger partial charge in [-0.1, -0.05) is 6.07 Å². The van der Waals surface area contributed by atoms with E-state index in [1.54, 1.807) is 6.20 Å². The maximum Gasteiger partial charge on any atom is 0.458 e. The van der Waals surface area contributed by atoms with Gasteiger partial charge in [0, 0.05) is 37.9 Å². The standard InChI is InChI=1S/C16H24BN3O5/c18-7-11-3-10(9-20-15(11)8-19)4-13(21)5-12-1-2-14(6-16(22)23)25-17(12)24/h3,9,12,14,24H,1-2,4-8,18-19H2,(H,22,23)/t12-,14+/m1/s1. The number of hydrogen-bond acceptors (Lipinski definition) is 7. The molecule has 1 aromatic rings. The molecule has 2 atom stereocenters. The van der Waals surface area contributed by atoms with Gasteiger partial charge in [-0.3, -0.25) is 14.6 Å². The van der Waals surface area contributed by atoms with Crippen LogP contribution < -0.4 is 11.5 Å². The topological polar surface area (TPSA) is 149 Å². The van der Waals surface area contributed by atoms with Crippen molar-refractivity contribution < 1.29 is 24.4 Å². The average molecular weight is 349 g/mol. The Balaban J connectivity index is 1.89. The number of carbonyl (C=O) groups excluding carboxylic acids is 1. The van der Waals surface area contributed by atoms with Gasteiger partial charge in [0.25, 0.3) is 0 Å². The summed E-state index contributed by atoms with van der Waals surface area (Å²) in [5.41, 5.74) is 13.6. The summed E-state index contributed by atoms with van der Waals surface area (Å²) < 4.78 is 5.31. The van der Waals surface area contributed by atoms with Crippen molar-refractivity contribution in [1.82, 2.24) is 4.98 Å². The first-order valence-corrected chi connectivity index (χ1v) is 8.36. The SMILES string of the molecule is NCc1cc(CC(=O)C[C@H]2CC[C@@H](CC(=O)O)OB2O)cnc1CN. The van der Waals surface area contributed by atoms with Gasteiger partial charge in [0.1, 0.15) is 5.78 Å². The molecule has 0 aliphatic carbocycles. The third kappa shape index (κ3) is 5.60. The highest BCUT2D eigenvalue weighted by molar-refractivity contribution is 6.45. The molecular formula is C16H24BN3O5. The lowest BCUT2D eigenvalue weighted by Crippen LogP contribution is -2.38. The Morgan fingerprint density at radius 3 is 2.64 bits per heavy atom. The van der Waals surface area contributed by atoms with Crippen LogP contribution in [0.4, 0.5) is 0 Å². The lowest BCUT2D eigenvalue weighted by atomic mass is 9.64. The first-order chi connectivity index (χ1) is 11.9. The number of carboxylic acids is 1. The van der Waals surface area contributed by atoms with E-state index < -0.39 is 19.2 Å². The van der Waals surface area contributed by atoms with Gasteiger partial charge in [0.2, 0.25) is 0 Å². The van der Waals surface area contributed by atoms with Crippen molar-refractivity contribution in [3.63, 3.8) is 0 Å². The van der Waals surface area contributed by atoms with Gasteiger partial charge in [-0.05, 0) is 24.0 Å². The molecule has 2 rings (SSSR count). The fraction of sp³-hybridized carbons (Fsp3) is 0.562. The zero-order valence-corrected chi connectivity index (χ0v) is 14.1. The highest BCUT2D eigenvalue weighted by Crippen LogP contribution is 2.31. The summed E-state index contributed by atoms with van der Waals surface area (Å²) >= 11 is 0. The zero-order chi connectivity index (χ0) is 18.4. The second kappa shape index (κ2) is 9.05. The molecule has 136 valence electrons. The van der Waals surface area contributed by atoms with E-state index in [1.807, 2.05) is 6.07 Å². The van der Waals surface area contributed by atoms with Crippen molar-refractivity contribution in [2.75, 3.05) is 0 Å². The number of carboxylic acid groups (broad SMARTS) is 1. The Kier molecular flexibility index (Phi) is 7.06. The first kappa shape index (κ1) is 19.5. The van der Waals surface area contributed by atoms with Gasteiger partial charge in [-0.15, -0.1) is 0 Å². The number of carbonyl (C=O) groups is 2. The Morgan fingerprint density at radius 1 is 1.28 bits per heavy atom. The van der Waals surface area contributed by atoms with Crippen LogP contribution in [0.15, 0.2) is 12.3 Å². The molecule has 8 nitrogen and oxygen atoms in total. The van der Waals surface area contributed by atoms with Gasteiger partial charge < -0.3 is 26.3 Å². The smallest absolute Gasteiger partial charge is 0.458 e. The normalized spacial score (nSPS) is 20.5. The van der Waals surface area contributed by atoms with Crippen molar-refractivity contribution in [2.45, 2.75) is 57.1 Å². The minimum atomic E-state index is -1.11. The van der Waals surface area contributed by atoms with Gasteiger partial charge in [-0.2, -0.15) is 0 Å².